The van der Waals surface area contributed by atoms with Crippen LogP contribution in [0, 0.1) is 6.92 Å². The normalized spacial score (nSPS) is 13.5. The Morgan fingerprint density at radius 3 is 2.92 bits per heavy atom. The molecule has 4 aromatic rings. The predicted molar refractivity (Wildman–Crippen MR) is 98.3 cm³/mol. The van der Waals surface area contributed by atoms with Gasteiger partial charge in [0.05, 0.1) is 17.4 Å². The van der Waals surface area contributed by atoms with Crippen LogP contribution in [0.5, 0.6) is 0 Å². The van der Waals surface area contributed by atoms with E-state index in [4.69, 9.17) is 4.98 Å². The van der Waals surface area contributed by atoms with E-state index in [1.54, 1.807) is 4.68 Å². The van der Waals surface area contributed by atoms with Crippen molar-refractivity contribution in [3.8, 4) is 22.5 Å². The summed E-state index contributed by atoms with van der Waals surface area (Å²) in [4.78, 5) is 5.04. The second-order valence-corrected chi connectivity index (χ2v) is 6.82. The first-order chi connectivity index (χ1) is 12.2. The van der Waals surface area contributed by atoms with Crippen molar-refractivity contribution in [3.05, 3.63) is 53.3 Å². The molecule has 0 radical (unpaired) electrons. The molecule has 0 saturated heterocycles. The number of hydrogen-bond donors (Lipinski definition) is 1. The summed E-state index contributed by atoms with van der Waals surface area (Å²) in [5.41, 5.74) is 10.2. The van der Waals surface area contributed by atoms with Gasteiger partial charge in [-0.3, -0.25) is 9.78 Å². The highest BCUT2D eigenvalue weighted by atomic mass is 15.2. The van der Waals surface area contributed by atoms with Crippen molar-refractivity contribution < 1.29 is 0 Å². The maximum atomic E-state index is 5.04. The van der Waals surface area contributed by atoms with Gasteiger partial charge >= 0.3 is 0 Å². The molecule has 0 fully saturated rings. The Morgan fingerprint density at radius 2 is 2.08 bits per heavy atom. The van der Waals surface area contributed by atoms with E-state index >= 15 is 0 Å². The van der Waals surface area contributed by atoms with Crippen LogP contribution < -0.4 is 0 Å². The molecule has 25 heavy (non-hydrogen) atoms. The number of aromatic amines is 1. The van der Waals surface area contributed by atoms with Crippen LogP contribution in [0.4, 0.5) is 0 Å². The Hall–Kier alpha value is -2.95. The molecule has 5 rings (SSSR count). The zero-order valence-electron chi connectivity index (χ0n) is 14.4. The summed E-state index contributed by atoms with van der Waals surface area (Å²) in [7, 11) is 1.91. The number of H-pyrrole nitrogens is 1. The van der Waals surface area contributed by atoms with Crippen molar-refractivity contribution in [2.45, 2.75) is 26.2 Å². The third-order valence-electron chi connectivity index (χ3n) is 5.10. The first kappa shape index (κ1) is 14.4. The molecule has 3 aromatic heterocycles. The first-order valence-corrected chi connectivity index (χ1v) is 8.66. The quantitative estimate of drug-likeness (QED) is 0.608. The maximum absolute atomic E-state index is 5.04. The van der Waals surface area contributed by atoms with Crippen LogP contribution in [-0.4, -0.2) is 25.0 Å². The Morgan fingerprint density at radius 1 is 1.16 bits per heavy atom. The number of rotatable bonds is 2. The van der Waals surface area contributed by atoms with Crippen LogP contribution in [0.2, 0.25) is 0 Å². The topological polar surface area (TPSA) is 59.4 Å². The molecule has 3 heterocycles. The third-order valence-corrected chi connectivity index (χ3v) is 5.10. The Kier molecular flexibility index (Phi) is 3.04. The van der Waals surface area contributed by atoms with Gasteiger partial charge in [0.1, 0.15) is 11.2 Å². The van der Waals surface area contributed by atoms with Gasteiger partial charge in [-0.05, 0) is 48.9 Å². The minimum Gasteiger partial charge on any atom is -0.276 e. The van der Waals surface area contributed by atoms with E-state index in [0.717, 1.165) is 34.4 Å². The van der Waals surface area contributed by atoms with Gasteiger partial charge in [0.25, 0.3) is 0 Å². The molecule has 1 aliphatic carbocycles. The lowest BCUT2D eigenvalue weighted by atomic mass is 9.97. The number of aromatic nitrogens is 5. The molecule has 0 atom stereocenters. The van der Waals surface area contributed by atoms with E-state index in [2.05, 4.69) is 46.5 Å². The Bertz CT molecular complexity index is 1100. The molecule has 0 spiro atoms. The minimum absolute atomic E-state index is 0.858. The van der Waals surface area contributed by atoms with Crippen LogP contribution in [0.3, 0.4) is 0 Å². The smallest absolute Gasteiger partial charge is 0.122 e. The lowest BCUT2D eigenvalue weighted by Gasteiger charge is -2.11. The predicted octanol–water partition coefficient (Wildman–Crippen LogP) is 3.82. The van der Waals surface area contributed by atoms with E-state index in [1.807, 2.05) is 19.4 Å². The molecule has 5 heteroatoms. The van der Waals surface area contributed by atoms with Gasteiger partial charge in [-0.15, -0.1) is 0 Å². The molecule has 0 saturated carbocycles. The zero-order valence-corrected chi connectivity index (χ0v) is 14.4. The van der Waals surface area contributed by atoms with Crippen molar-refractivity contribution in [2.24, 2.45) is 7.05 Å². The summed E-state index contributed by atoms with van der Waals surface area (Å²) in [5.74, 6) is 0. The molecular weight excluding hydrogens is 310 g/mol. The Labute approximate surface area is 145 Å². The third kappa shape index (κ3) is 2.19. The van der Waals surface area contributed by atoms with Crippen LogP contribution in [-0.2, 0) is 19.9 Å². The summed E-state index contributed by atoms with van der Waals surface area (Å²) in [5, 5.41) is 11.9. The highest BCUT2D eigenvalue weighted by Crippen LogP contribution is 2.35. The fraction of sp³-hybridized carbons (Fsp3) is 0.250. The fourth-order valence-corrected chi connectivity index (χ4v) is 3.91. The van der Waals surface area contributed by atoms with Crippen LogP contribution in [0.15, 0.2) is 36.7 Å². The highest BCUT2D eigenvalue weighted by Gasteiger charge is 2.19. The summed E-state index contributed by atoms with van der Waals surface area (Å²) < 4.78 is 1.79. The number of pyridine rings is 1. The number of nitrogens with zero attached hydrogens (tertiary/aromatic N) is 4. The molecule has 1 N–H and O–H groups in total. The number of fused-ring (bicyclic) bond motifs is 2. The SMILES string of the molecule is Cc1cc2[nH]nc(-c3cnn(C)c3)c2nc1-c1cccc2c1CCC2. The van der Waals surface area contributed by atoms with Crippen LogP contribution in [0.1, 0.15) is 23.1 Å². The molecule has 0 aliphatic heterocycles. The van der Waals surface area contributed by atoms with E-state index in [0.29, 0.717) is 0 Å². The monoisotopic (exact) mass is 329 g/mol. The highest BCUT2D eigenvalue weighted by molar-refractivity contribution is 5.91. The summed E-state index contributed by atoms with van der Waals surface area (Å²) >= 11 is 0. The summed E-state index contributed by atoms with van der Waals surface area (Å²) in [6.45, 7) is 2.13. The van der Waals surface area contributed by atoms with Gasteiger partial charge in [0.2, 0.25) is 0 Å². The second kappa shape index (κ2) is 5.28. The van der Waals surface area contributed by atoms with Crippen molar-refractivity contribution in [2.75, 3.05) is 0 Å². The molecule has 1 aliphatic rings. The first-order valence-electron chi connectivity index (χ1n) is 8.66. The van der Waals surface area contributed by atoms with Gasteiger partial charge in [0.15, 0.2) is 0 Å². The minimum atomic E-state index is 0.858. The summed E-state index contributed by atoms with van der Waals surface area (Å²) in [6.07, 6.45) is 7.36. The molecule has 0 amide bonds. The van der Waals surface area contributed by atoms with E-state index in [1.165, 1.54) is 35.1 Å². The molecule has 5 nitrogen and oxygen atoms in total. The number of hydrogen-bond acceptors (Lipinski definition) is 3. The van der Waals surface area contributed by atoms with Crippen molar-refractivity contribution in [3.63, 3.8) is 0 Å². The molecular formula is C20H19N5. The molecule has 1 aromatic carbocycles. The maximum Gasteiger partial charge on any atom is 0.122 e. The number of benzene rings is 1. The van der Waals surface area contributed by atoms with Crippen molar-refractivity contribution in [1.82, 2.24) is 25.0 Å². The summed E-state index contributed by atoms with van der Waals surface area (Å²) in [6, 6.07) is 8.76. The average molecular weight is 329 g/mol. The van der Waals surface area contributed by atoms with Crippen molar-refractivity contribution >= 4 is 11.0 Å². The molecule has 0 unspecified atom stereocenters. The average Bonchev–Trinajstić information content (AvgIpc) is 3.32. The van der Waals surface area contributed by atoms with Gasteiger partial charge in [-0.1, -0.05) is 18.2 Å². The van der Waals surface area contributed by atoms with Crippen LogP contribution in [0.25, 0.3) is 33.5 Å². The van der Waals surface area contributed by atoms with Gasteiger partial charge in [0, 0.05) is 24.4 Å². The van der Waals surface area contributed by atoms with E-state index in [9.17, 15) is 0 Å². The van der Waals surface area contributed by atoms with Gasteiger partial charge in [-0.2, -0.15) is 10.2 Å². The lowest BCUT2D eigenvalue weighted by Crippen LogP contribution is -1.94. The zero-order chi connectivity index (χ0) is 17.0. The van der Waals surface area contributed by atoms with Gasteiger partial charge in [-0.25, -0.2) is 4.98 Å². The standard InChI is InChI=1S/C20H19N5/c1-12-9-17-20(19(24-23-17)14-10-21-25(2)11-14)22-18(12)16-8-4-6-13-5-3-7-15(13)16/h4,6,8-11H,3,5,7H2,1-2H3,(H,23,24). The number of aryl methyl sites for hydroxylation is 3. The lowest BCUT2D eigenvalue weighted by molar-refractivity contribution is 0.768. The Balaban J connectivity index is 1.75. The molecule has 124 valence electrons. The largest absolute Gasteiger partial charge is 0.276 e. The van der Waals surface area contributed by atoms with Crippen LogP contribution >= 0.6 is 0 Å². The van der Waals surface area contributed by atoms with E-state index < -0.39 is 0 Å². The van der Waals surface area contributed by atoms with Gasteiger partial charge < -0.3 is 0 Å². The second-order valence-electron chi connectivity index (χ2n) is 6.82. The van der Waals surface area contributed by atoms with E-state index in [-0.39, 0.29) is 0 Å². The molecule has 0 bridgehead atoms. The van der Waals surface area contributed by atoms with Crippen molar-refractivity contribution in [1.29, 1.82) is 0 Å². The number of nitrogens with one attached hydrogen (secondary N) is 1. The fourth-order valence-electron chi connectivity index (χ4n) is 3.91.